The predicted octanol–water partition coefficient (Wildman–Crippen LogP) is 13.5. The van der Waals surface area contributed by atoms with Gasteiger partial charge >= 0.3 is 6.18 Å². The lowest BCUT2D eigenvalue weighted by Gasteiger charge is -2.27. The third kappa shape index (κ3) is 72.7. The van der Waals surface area contributed by atoms with Gasteiger partial charge in [-0.3, -0.25) is 0 Å². The largest absolute Gasteiger partial charge is 0.411 e. The molecule has 54 heavy (non-hydrogen) atoms. The summed E-state index contributed by atoms with van der Waals surface area (Å²) >= 11 is 0. The molecule has 0 radical (unpaired) electrons. The van der Waals surface area contributed by atoms with E-state index in [2.05, 4.69) is 46.3 Å². The van der Waals surface area contributed by atoms with Gasteiger partial charge < -0.3 is 37.9 Å². The molecule has 0 fully saturated rings. The van der Waals surface area contributed by atoms with Gasteiger partial charge in [0.1, 0.15) is 6.61 Å². The molecule has 0 rings (SSSR count). The summed E-state index contributed by atoms with van der Waals surface area (Å²) in [5.41, 5.74) is 0.0221. The molecule has 346 valence electrons. The molecule has 0 aliphatic rings. The molecule has 0 spiro atoms. The Balaban J connectivity index is -0.0000000473. The molecule has 0 aromatic heterocycles. The van der Waals surface area contributed by atoms with Gasteiger partial charge in [-0.25, -0.2) is 0 Å². The zero-order valence-electron chi connectivity index (χ0n) is 34.1. The van der Waals surface area contributed by atoms with Gasteiger partial charge in [0.15, 0.2) is 0 Å². The number of hydrogen-bond donors (Lipinski definition) is 0. The number of unbranched alkanes of at least 4 members (excludes halogenated alkanes) is 4. The molecule has 0 saturated carbocycles. The van der Waals surface area contributed by atoms with Crippen LogP contribution in [-0.4, -0.2) is 115 Å². The van der Waals surface area contributed by atoms with Gasteiger partial charge in [0.25, 0.3) is 0 Å². The maximum absolute atomic E-state index is 11.8. The lowest BCUT2D eigenvalue weighted by Crippen LogP contribution is -2.30. The van der Waals surface area contributed by atoms with Crippen molar-refractivity contribution in [2.45, 2.75) is 164 Å². The number of halogens is 3. The van der Waals surface area contributed by atoms with Crippen LogP contribution in [0, 0.1) is 16.2 Å². The Labute approximate surface area is 340 Å². The van der Waals surface area contributed by atoms with Gasteiger partial charge in [-0.1, -0.05) is 126 Å². The van der Waals surface area contributed by atoms with E-state index in [0.29, 0.717) is 6.61 Å². The molecular weight excluding hydrogens is 701 g/mol. The monoisotopic (exact) mass is 807 g/mol. The topological polar surface area (TPSA) is 73.8 Å². The van der Waals surface area contributed by atoms with Gasteiger partial charge in [-0.2, -0.15) is 13.2 Å². The molecule has 0 amide bonds. The molecule has 0 aliphatic heterocycles. The van der Waals surface area contributed by atoms with Crippen LogP contribution < -0.4 is 0 Å². The molecule has 0 aliphatic carbocycles. The second-order valence-corrected chi connectivity index (χ2v) is 13.4. The fourth-order valence-electron chi connectivity index (χ4n) is 3.77. The van der Waals surface area contributed by atoms with Crippen molar-refractivity contribution in [1.82, 2.24) is 0 Å². The van der Waals surface area contributed by atoms with Crippen LogP contribution in [-0.2, 0) is 37.9 Å². The molecule has 0 N–H and O–H groups in total. The van der Waals surface area contributed by atoms with E-state index in [4.69, 9.17) is 33.2 Å². The Bertz CT molecular complexity index is 574. The van der Waals surface area contributed by atoms with E-state index >= 15 is 0 Å². The highest BCUT2D eigenvalue weighted by Crippen LogP contribution is 2.24. The first kappa shape index (κ1) is 81.6. The van der Waals surface area contributed by atoms with Gasteiger partial charge in [0.05, 0.1) is 39.6 Å². The fourth-order valence-corrected chi connectivity index (χ4v) is 3.77. The van der Waals surface area contributed by atoms with Crippen molar-refractivity contribution in [2.24, 2.45) is 16.2 Å². The predicted molar refractivity (Wildman–Crippen MR) is 235 cm³/mol. The summed E-state index contributed by atoms with van der Waals surface area (Å²) in [4.78, 5) is 0. The van der Waals surface area contributed by atoms with E-state index in [0.717, 1.165) is 59.1 Å². The van der Waals surface area contributed by atoms with Crippen molar-refractivity contribution in [3.63, 3.8) is 0 Å². The molecule has 0 aromatic carbocycles. The van der Waals surface area contributed by atoms with Crippen LogP contribution in [0.25, 0.3) is 0 Å². The lowest BCUT2D eigenvalue weighted by atomic mass is 9.90. The van der Waals surface area contributed by atoms with Crippen molar-refractivity contribution in [2.75, 3.05) is 109 Å². The summed E-state index contributed by atoms with van der Waals surface area (Å²) in [5, 5.41) is 0. The summed E-state index contributed by atoms with van der Waals surface area (Å²) in [6.45, 7) is 23.7. The summed E-state index contributed by atoms with van der Waals surface area (Å²) in [6, 6.07) is 0. The number of hydrogen-bond acceptors (Lipinski definition) is 8. The van der Waals surface area contributed by atoms with Crippen LogP contribution in [0.4, 0.5) is 13.2 Å². The van der Waals surface area contributed by atoms with Crippen LogP contribution in [0.3, 0.4) is 0 Å². The van der Waals surface area contributed by atoms with Crippen LogP contribution in [0.5, 0.6) is 0 Å². The van der Waals surface area contributed by atoms with Gasteiger partial charge in [0.2, 0.25) is 0 Å². The third-order valence-corrected chi connectivity index (χ3v) is 7.04. The summed E-state index contributed by atoms with van der Waals surface area (Å²) in [6.07, 6.45) is 5.16. The van der Waals surface area contributed by atoms with E-state index in [1.807, 2.05) is 20.8 Å². The van der Waals surface area contributed by atoms with Gasteiger partial charge in [0, 0.05) is 78.7 Å². The zero-order chi connectivity index (χ0) is 38.4. The third-order valence-electron chi connectivity index (χ3n) is 7.04. The van der Waals surface area contributed by atoms with E-state index in [-0.39, 0.29) is 67.4 Å². The smallest absolute Gasteiger partial charge is 0.385 e. The lowest BCUT2D eigenvalue weighted by molar-refractivity contribution is -0.182. The standard InChI is InChI=1S/C9H17F3O2.C9H20O2.C7H16O2.2C6H14O.6CH4/c1-4-8(2,5-13-3)6-14-7-9(10,11)12;1-5-9(3,7-10-4)8-11-6-2;1-7(2,5-8-3)6-9-4;2*1-3-4-5-6-7-2;;;;;;/h4-7H2,1-3H3;5-8H2,1-4H3;5-6H2,1-4H3;2*3-6H2,1-2H3;6*1H4. The molecule has 2 unspecified atom stereocenters. The minimum atomic E-state index is -4.25. The second kappa shape index (κ2) is 56.8. The summed E-state index contributed by atoms with van der Waals surface area (Å²) < 4.78 is 74.9. The second-order valence-electron chi connectivity index (χ2n) is 13.4. The van der Waals surface area contributed by atoms with E-state index in [1.54, 1.807) is 35.5 Å². The van der Waals surface area contributed by atoms with E-state index < -0.39 is 12.8 Å². The summed E-state index contributed by atoms with van der Waals surface area (Å²) in [7, 11) is 10.2. The van der Waals surface area contributed by atoms with Crippen molar-refractivity contribution in [3.05, 3.63) is 0 Å². The Hall–Kier alpha value is -0.530. The Morgan fingerprint density at radius 2 is 0.704 bits per heavy atom. The minimum absolute atomic E-state index is 0. The van der Waals surface area contributed by atoms with E-state index in [9.17, 15) is 13.2 Å². The maximum atomic E-state index is 11.8. The summed E-state index contributed by atoms with van der Waals surface area (Å²) in [5.74, 6) is 0. The highest BCUT2D eigenvalue weighted by atomic mass is 19.4. The van der Waals surface area contributed by atoms with Crippen molar-refractivity contribution in [1.29, 1.82) is 0 Å². The maximum Gasteiger partial charge on any atom is 0.411 e. The first-order chi connectivity index (χ1) is 22.5. The Morgan fingerprint density at radius 3 is 0.926 bits per heavy atom. The molecule has 0 saturated heterocycles. The van der Waals surface area contributed by atoms with Crippen LogP contribution >= 0.6 is 0 Å². The molecular formula is C43H105F3O8. The number of methoxy groups -OCH3 is 6. The van der Waals surface area contributed by atoms with Gasteiger partial charge in [-0.05, 0) is 32.6 Å². The SMILES string of the molecule is C.C.C.C.C.C.CCC(C)(COC)COCC(F)(F)F.CCCCCOC.CCCCCOC.CCOCC(C)(CC)COC.COCC(C)(C)COC. The zero-order valence-corrected chi connectivity index (χ0v) is 34.1. The highest BCUT2D eigenvalue weighted by molar-refractivity contribution is 4.72. The van der Waals surface area contributed by atoms with Crippen LogP contribution in [0.2, 0.25) is 0 Å². The fraction of sp³-hybridized carbons (Fsp3) is 1.00. The quantitative estimate of drug-likeness (QED) is 0.0893. The number of ether oxygens (including phenoxy) is 8. The first-order valence-corrected chi connectivity index (χ1v) is 17.6. The molecule has 2 atom stereocenters. The van der Waals surface area contributed by atoms with E-state index in [1.165, 1.54) is 45.6 Å². The number of rotatable bonds is 24. The highest BCUT2D eigenvalue weighted by Gasteiger charge is 2.30. The van der Waals surface area contributed by atoms with Gasteiger partial charge in [-0.15, -0.1) is 0 Å². The van der Waals surface area contributed by atoms with Crippen LogP contribution in [0.15, 0.2) is 0 Å². The Morgan fingerprint density at radius 1 is 0.389 bits per heavy atom. The normalized spacial score (nSPS) is 12.1. The molecule has 0 aromatic rings. The molecule has 0 bridgehead atoms. The van der Waals surface area contributed by atoms with Crippen molar-refractivity contribution < 1.29 is 51.1 Å². The average molecular weight is 807 g/mol. The Kier molecular flexibility index (Phi) is 85.8. The van der Waals surface area contributed by atoms with Crippen molar-refractivity contribution >= 4 is 0 Å². The number of alkyl halides is 3. The minimum Gasteiger partial charge on any atom is -0.385 e. The molecule has 11 heteroatoms. The molecule has 8 nitrogen and oxygen atoms in total. The van der Waals surface area contributed by atoms with Crippen molar-refractivity contribution in [3.8, 4) is 0 Å². The first-order valence-electron chi connectivity index (χ1n) is 17.6. The molecule has 0 heterocycles. The average Bonchev–Trinajstić information content (AvgIpc) is 3.01. The van der Waals surface area contributed by atoms with Crippen LogP contribution in [0.1, 0.15) is 158 Å².